The van der Waals surface area contributed by atoms with Gasteiger partial charge in [-0.25, -0.2) is 25.3 Å². The molecular weight excluding hydrogens is 795 g/mol. The van der Waals surface area contributed by atoms with Gasteiger partial charge in [-0.3, -0.25) is 0 Å². The maximum absolute atomic E-state index is 11.8. The van der Waals surface area contributed by atoms with E-state index in [9.17, 15) is 38.9 Å². The van der Waals surface area contributed by atoms with E-state index in [2.05, 4.69) is 40.7 Å². The van der Waals surface area contributed by atoms with E-state index in [1.165, 1.54) is 24.3 Å². The van der Waals surface area contributed by atoms with Crippen LogP contribution in [0.5, 0.6) is 0 Å². The first-order chi connectivity index (χ1) is 22.8. The molecule has 5 aromatic rings. The number of anilines is 3. The molecule has 1 heterocycles. The SMILES string of the molecule is Cc1cc(N=Nc2ccc(Nc3nc(N)nc(Cl)n3)c3ccc(S(=O)(=O)[O-])cc23)c(C)cc1N=Nc1cc(S(=O)(=O)[O-])ccc1S(=O)(=O)[O-].[Na+].[Na+].[Na+]. The molecule has 0 atom stereocenters. The summed E-state index contributed by atoms with van der Waals surface area (Å²) in [5.74, 6) is -0.162. The largest absolute Gasteiger partial charge is 1.00 e. The van der Waals surface area contributed by atoms with E-state index in [-0.39, 0.29) is 123 Å². The molecule has 0 bridgehead atoms. The van der Waals surface area contributed by atoms with E-state index in [1.54, 1.807) is 19.9 Å². The summed E-state index contributed by atoms with van der Waals surface area (Å²) in [5, 5.41) is 19.6. The average molecular weight is 814 g/mol. The second-order valence-corrected chi connectivity index (χ2v) is 14.5. The Balaban J connectivity index is 0.00000312. The molecule has 0 amide bonds. The number of hydrogen-bond acceptors (Lipinski definition) is 18. The van der Waals surface area contributed by atoms with Crippen molar-refractivity contribution in [1.82, 2.24) is 15.0 Å². The predicted molar refractivity (Wildman–Crippen MR) is 171 cm³/mol. The summed E-state index contributed by atoms with van der Waals surface area (Å²) in [6.07, 6.45) is 0. The van der Waals surface area contributed by atoms with Crippen LogP contribution in [0.1, 0.15) is 11.1 Å². The number of rotatable bonds is 9. The summed E-state index contributed by atoms with van der Waals surface area (Å²) in [7, 11) is -15.0. The van der Waals surface area contributed by atoms with E-state index >= 15 is 0 Å². The topological polar surface area (TPSA) is 298 Å². The number of nitrogens with zero attached hydrogens (tertiary/aromatic N) is 7. The van der Waals surface area contributed by atoms with Gasteiger partial charge in [-0.2, -0.15) is 25.2 Å². The molecule has 5 rings (SSSR count). The second-order valence-electron chi connectivity index (χ2n) is 10.1. The summed E-state index contributed by atoms with van der Waals surface area (Å²) >= 11 is 5.87. The molecule has 0 aliphatic rings. The Labute approximate surface area is 368 Å². The van der Waals surface area contributed by atoms with Crippen molar-refractivity contribution in [3.05, 3.63) is 77.1 Å². The zero-order valence-corrected chi connectivity index (χ0v) is 37.0. The van der Waals surface area contributed by atoms with Gasteiger partial charge in [0.05, 0.1) is 31.7 Å². The third-order valence-electron chi connectivity index (χ3n) is 6.66. The van der Waals surface area contributed by atoms with Crippen molar-refractivity contribution in [2.45, 2.75) is 28.5 Å². The van der Waals surface area contributed by atoms with Crippen LogP contribution in [0.2, 0.25) is 5.28 Å². The summed E-state index contributed by atoms with van der Waals surface area (Å²) in [4.78, 5) is 9.38. The van der Waals surface area contributed by atoms with Gasteiger partial charge in [0.15, 0.2) is 0 Å². The van der Waals surface area contributed by atoms with Gasteiger partial charge in [-0.05, 0) is 91.2 Å². The van der Waals surface area contributed by atoms with Crippen molar-refractivity contribution in [3.8, 4) is 0 Å². The Morgan fingerprint density at radius 1 is 0.615 bits per heavy atom. The molecule has 254 valence electrons. The van der Waals surface area contributed by atoms with Crippen LogP contribution in [0.3, 0.4) is 0 Å². The normalized spacial score (nSPS) is 12.0. The third-order valence-corrected chi connectivity index (χ3v) is 9.37. The van der Waals surface area contributed by atoms with Crippen molar-refractivity contribution >= 4 is 93.1 Å². The molecule has 4 aromatic carbocycles. The number of azo groups is 2. The summed E-state index contributed by atoms with van der Waals surface area (Å²) < 4.78 is 105. The van der Waals surface area contributed by atoms with Gasteiger partial charge >= 0.3 is 88.7 Å². The molecule has 0 unspecified atom stereocenters. The van der Waals surface area contributed by atoms with Gasteiger partial charge in [-0.15, -0.1) is 10.2 Å². The molecule has 1 aromatic heterocycles. The van der Waals surface area contributed by atoms with E-state index in [1.807, 2.05) is 0 Å². The van der Waals surface area contributed by atoms with E-state index in [0.717, 1.165) is 12.1 Å². The number of benzene rings is 4. The summed E-state index contributed by atoms with van der Waals surface area (Å²) in [6, 6.07) is 11.7. The quantitative estimate of drug-likeness (QED) is 0.0819. The first-order valence-corrected chi connectivity index (χ1v) is 17.9. The summed E-state index contributed by atoms with van der Waals surface area (Å²) in [5.41, 5.74) is 6.92. The molecule has 0 aliphatic carbocycles. The number of nitrogens with two attached hydrogens (primary N) is 1. The molecule has 0 saturated carbocycles. The van der Waals surface area contributed by atoms with Crippen LogP contribution in [-0.2, 0) is 30.4 Å². The Morgan fingerprint density at radius 3 is 1.67 bits per heavy atom. The fourth-order valence-corrected chi connectivity index (χ4v) is 6.11. The number of hydrogen-bond donors (Lipinski definition) is 2. The monoisotopic (exact) mass is 813 g/mol. The van der Waals surface area contributed by atoms with Crippen LogP contribution in [0.15, 0.2) is 95.8 Å². The van der Waals surface area contributed by atoms with Crippen molar-refractivity contribution in [2.75, 3.05) is 11.1 Å². The number of halogens is 1. The van der Waals surface area contributed by atoms with Crippen molar-refractivity contribution in [2.24, 2.45) is 20.5 Å². The Hall–Kier alpha value is -2.03. The zero-order valence-electron chi connectivity index (χ0n) is 27.8. The molecule has 0 spiro atoms. The molecule has 0 radical (unpaired) electrons. The molecule has 0 aliphatic heterocycles. The van der Waals surface area contributed by atoms with Crippen LogP contribution in [0.25, 0.3) is 10.8 Å². The van der Waals surface area contributed by atoms with Gasteiger partial charge in [-0.1, -0.05) is 6.07 Å². The Kier molecular flexibility index (Phi) is 16.0. The molecule has 3 N–H and O–H groups in total. The van der Waals surface area contributed by atoms with E-state index in [4.69, 9.17) is 17.3 Å². The fraction of sp³-hybridized carbons (Fsp3) is 0.0741. The Bertz CT molecular complexity index is 2560. The third kappa shape index (κ3) is 11.3. The average Bonchev–Trinajstić information content (AvgIpc) is 2.99. The van der Waals surface area contributed by atoms with Gasteiger partial charge in [0.2, 0.25) is 17.2 Å². The summed E-state index contributed by atoms with van der Waals surface area (Å²) in [6.45, 7) is 3.22. The van der Waals surface area contributed by atoms with Crippen molar-refractivity contribution < 1.29 is 128 Å². The van der Waals surface area contributed by atoms with Crippen molar-refractivity contribution in [3.63, 3.8) is 0 Å². The fourth-order valence-electron chi connectivity index (χ4n) is 4.36. The van der Waals surface area contributed by atoms with Crippen LogP contribution >= 0.6 is 11.6 Å². The zero-order chi connectivity index (χ0) is 35.9. The molecule has 0 saturated heterocycles. The minimum Gasteiger partial charge on any atom is -0.744 e. The molecule has 25 heteroatoms. The van der Waals surface area contributed by atoms with Gasteiger partial charge in [0.25, 0.3) is 0 Å². The van der Waals surface area contributed by atoms with Crippen LogP contribution in [-0.4, -0.2) is 53.9 Å². The van der Waals surface area contributed by atoms with Crippen LogP contribution in [0, 0.1) is 13.8 Å². The minimum atomic E-state index is -5.11. The van der Waals surface area contributed by atoms with Crippen molar-refractivity contribution in [1.29, 1.82) is 0 Å². The van der Waals surface area contributed by atoms with Gasteiger partial charge < -0.3 is 24.7 Å². The molecule has 52 heavy (non-hydrogen) atoms. The first kappa shape index (κ1) is 46.1. The van der Waals surface area contributed by atoms with E-state index < -0.39 is 50.7 Å². The smallest absolute Gasteiger partial charge is 0.744 e. The molecular formula is C27H19ClN9Na3O9S3. The first-order valence-electron chi connectivity index (χ1n) is 13.3. The number of nitrogens with one attached hydrogen (secondary N) is 1. The van der Waals surface area contributed by atoms with Crippen LogP contribution < -0.4 is 99.7 Å². The minimum absolute atomic E-state index is 0. The predicted octanol–water partition coefficient (Wildman–Crippen LogP) is -3.82. The maximum atomic E-state index is 11.8. The van der Waals surface area contributed by atoms with Gasteiger partial charge in [0.1, 0.15) is 36.0 Å². The number of aryl methyl sites for hydroxylation is 2. The number of fused-ring (bicyclic) bond motifs is 1. The standard InChI is InChI=1S/C27H22ClN9O9S3.3Na/c1-13-10-22(36-37-23-12-16(48(41,42)43)4-8-24(23)49(44,45)46)14(2)9-21(13)35-34-20-7-6-19(30-27-32-25(28)31-26(29)33-27)17-5-3-15(11-18(17)20)47(38,39)40;;;/h3-12H,1-2H3,(H,38,39,40)(H,41,42,43)(H,44,45,46)(H3,29,30,31,32,33);;;/q;3*+1/p-3. The maximum Gasteiger partial charge on any atom is 1.00 e. The van der Waals surface area contributed by atoms with Gasteiger partial charge in [0, 0.05) is 16.5 Å². The second kappa shape index (κ2) is 18.1. The molecule has 0 fully saturated rings. The van der Waals surface area contributed by atoms with E-state index in [0.29, 0.717) is 46.1 Å². The molecule has 18 nitrogen and oxygen atoms in total. The van der Waals surface area contributed by atoms with Crippen LogP contribution in [0.4, 0.5) is 40.3 Å². The number of aromatic nitrogens is 3. The number of nitrogen functional groups attached to an aromatic ring is 1. The Morgan fingerprint density at radius 2 is 1.13 bits per heavy atom.